The molecule has 2 aliphatic heterocycles. The Bertz CT molecular complexity index is 1080. The number of anilines is 1. The summed E-state index contributed by atoms with van der Waals surface area (Å²) in [4.78, 5) is 36.4. The first-order valence-electron chi connectivity index (χ1n) is 9.96. The normalized spacial score (nSPS) is 22.9. The highest BCUT2D eigenvalue weighted by molar-refractivity contribution is 6.01. The lowest BCUT2D eigenvalue weighted by Gasteiger charge is -2.50. The second-order valence-corrected chi connectivity index (χ2v) is 7.93. The van der Waals surface area contributed by atoms with Gasteiger partial charge in [-0.25, -0.2) is 17.6 Å². The zero-order valence-corrected chi connectivity index (χ0v) is 16.9. The van der Waals surface area contributed by atoms with Crippen LogP contribution in [0.3, 0.4) is 0 Å². The quantitative estimate of drug-likeness (QED) is 0.556. The minimum Gasteiger partial charge on any atom is -0.360 e. The summed E-state index contributed by atoms with van der Waals surface area (Å²) in [7, 11) is 0. The second kappa shape index (κ2) is 8.25. The van der Waals surface area contributed by atoms with Crippen molar-refractivity contribution in [3.05, 3.63) is 64.7 Å². The van der Waals surface area contributed by atoms with Crippen molar-refractivity contribution >= 4 is 23.4 Å². The molecule has 0 saturated carbocycles. The molecule has 2 saturated heterocycles. The van der Waals surface area contributed by atoms with Crippen LogP contribution >= 0.6 is 0 Å². The molecule has 2 heterocycles. The Morgan fingerprint density at radius 1 is 1.03 bits per heavy atom. The molecule has 3 amide bonds. The lowest BCUT2D eigenvalue weighted by Crippen LogP contribution is -2.61. The van der Waals surface area contributed by atoms with Gasteiger partial charge in [0.05, 0.1) is 18.0 Å². The van der Waals surface area contributed by atoms with E-state index in [9.17, 15) is 31.9 Å². The van der Waals surface area contributed by atoms with Gasteiger partial charge in [0.15, 0.2) is 0 Å². The fraction of sp³-hybridized carbons (Fsp3) is 0.318. The molecule has 2 aliphatic rings. The minimum atomic E-state index is -1.14. The van der Waals surface area contributed by atoms with Crippen LogP contribution in [-0.4, -0.2) is 30.3 Å². The zero-order valence-electron chi connectivity index (χ0n) is 16.9. The Balaban J connectivity index is 1.68. The third kappa shape index (κ3) is 4.04. The topological polar surface area (TPSA) is 78.5 Å². The SMILES string of the molecule is CC(=O)NC1CN(c2cc(F)c(C3CCC(=O)NC3=O)c(F)c2)C1c1cc(F)cc(F)c1. The molecule has 2 fully saturated rings. The van der Waals surface area contributed by atoms with Gasteiger partial charge in [-0.1, -0.05) is 0 Å². The minimum absolute atomic E-state index is 0.0165. The molecule has 168 valence electrons. The summed E-state index contributed by atoms with van der Waals surface area (Å²) in [6, 6.07) is 3.68. The van der Waals surface area contributed by atoms with Crippen LogP contribution in [0.4, 0.5) is 23.2 Å². The Morgan fingerprint density at radius 2 is 1.66 bits per heavy atom. The van der Waals surface area contributed by atoms with E-state index < -0.39 is 58.6 Å². The number of rotatable bonds is 4. The van der Waals surface area contributed by atoms with Crippen molar-refractivity contribution in [2.75, 3.05) is 11.4 Å². The number of hydrogen-bond donors (Lipinski definition) is 2. The van der Waals surface area contributed by atoms with E-state index in [-0.39, 0.29) is 36.5 Å². The maximum absolute atomic E-state index is 14.9. The highest BCUT2D eigenvalue weighted by Crippen LogP contribution is 2.41. The molecule has 0 spiro atoms. The molecule has 0 bridgehead atoms. The standard InChI is InChI=1S/C22H19F4N3O3/c1-10(30)27-18-9-29(21(18)11-4-12(23)6-13(24)5-11)14-7-16(25)20(17(26)8-14)15-2-3-19(31)28-22(15)32/h4-8,15,18,21H,2-3,9H2,1H3,(H,27,30)(H,28,31,32). The third-order valence-corrected chi connectivity index (χ3v) is 5.71. The second-order valence-electron chi connectivity index (χ2n) is 7.93. The predicted molar refractivity (Wildman–Crippen MR) is 106 cm³/mol. The lowest BCUT2D eigenvalue weighted by molar-refractivity contribution is -0.134. The van der Waals surface area contributed by atoms with Crippen LogP contribution in [0.1, 0.15) is 42.9 Å². The number of halogens is 4. The van der Waals surface area contributed by atoms with Crippen LogP contribution in [0.5, 0.6) is 0 Å². The van der Waals surface area contributed by atoms with E-state index in [0.717, 1.165) is 24.3 Å². The van der Waals surface area contributed by atoms with Crippen LogP contribution in [0.15, 0.2) is 30.3 Å². The Morgan fingerprint density at radius 3 is 2.22 bits per heavy atom. The summed E-state index contributed by atoms with van der Waals surface area (Å²) in [6.07, 6.45) is -0.0495. The molecule has 2 aromatic rings. The largest absolute Gasteiger partial charge is 0.360 e. The maximum atomic E-state index is 14.9. The summed E-state index contributed by atoms with van der Waals surface area (Å²) >= 11 is 0. The van der Waals surface area contributed by atoms with Gasteiger partial charge < -0.3 is 10.2 Å². The van der Waals surface area contributed by atoms with Crippen LogP contribution in [-0.2, 0) is 14.4 Å². The summed E-state index contributed by atoms with van der Waals surface area (Å²) in [5, 5.41) is 4.74. The van der Waals surface area contributed by atoms with Gasteiger partial charge in [-0.05, 0) is 36.2 Å². The summed E-state index contributed by atoms with van der Waals surface area (Å²) < 4.78 is 57.4. The number of nitrogens with one attached hydrogen (secondary N) is 2. The van der Waals surface area contributed by atoms with E-state index >= 15 is 0 Å². The zero-order chi connectivity index (χ0) is 23.2. The average Bonchev–Trinajstić information content (AvgIpc) is 2.64. The summed E-state index contributed by atoms with van der Waals surface area (Å²) in [6.45, 7) is 1.44. The molecule has 3 unspecified atom stereocenters. The van der Waals surface area contributed by atoms with Gasteiger partial charge in [-0.15, -0.1) is 0 Å². The van der Waals surface area contributed by atoms with Crippen molar-refractivity contribution in [1.82, 2.24) is 10.6 Å². The van der Waals surface area contributed by atoms with Crippen molar-refractivity contribution in [2.45, 2.75) is 37.8 Å². The highest BCUT2D eigenvalue weighted by atomic mass is 19.1. The van der Waals surface area contributed by atoms with Gasteiger partial charge >= 0.3 is 0 Å². The Kier molecular flexibility index (Phi) is 5.62. The van der Waals surface area contributed by atoms with Gasteiger partial charge in [-0.3, -0.25) is 19.7 Å². The van der Waals surface area contributed by atoms with Gasteiger partial charge in [0.1, 0.15) is 23.3 Å². The van der Waals surface area contributed by atoms with Crippen LogP contribution in [0.25, 0.3) is 0 Å². The number of carbonyl (C=O) groups is 3. The molecule has 6 nitrogen and oxygen atoms in total. The number of hydrogen-bond acceptors (Lipinski definition) is 4. The van der Waals surface area contributed by atoms with Gasteiger partial charge in [-0.2, -0.15) is 0 Å². The first-order valence-corrected chi connectivity index (χ1v) is 9.96. The first kappa shape index (κ1) is 21.8. The van der Waals surface area contributed by atoms with Gasteiger partial charge in [0.25, 0.3) is 0 Å². The average molecular weight is 449 g/mol. The lowest BCUT2D eigenvalue weighted by atomic mass is 9.86. The number of amides is 3. The van der Waals surface area contributed by atoms with Gasteiger partial charge in [0.2, 0.25) is 17.7 Å². The number of benzene rings is 2. The molecule has 4 rings (SSSR count). The molecule has 2 aromatic carbocycles. The monoisotopic (exact) mass is 449 g/mol. The number of carbonyl (C=O) groups excluding carboxylic acids is 3. The van der Waals surface area contributed by atoms with E-state index in [1.165, 1.54) is 11.8 Å². The highest BCUT2D eigenvalue weighted by Gasteiger charge is 2.42. The molecule has 3 atom stereocenters. The molecule has 2 N–H and O–H groups in total. The van der Waals surface area contributed by atoms with Crippen molar-refractivity contribution in [2.24, 2.45) is 0 Å². The molecular formula is C22H19F4N3O3. The van der Waals surface area contributed by atoms with Crippen molar-refractivity contribution in [3.8, 4) is 0 Å². The molecule has 32 heavy (non-hydrogen) atoms. The molecule has 0 radical (unpaired) electrons. The maximum Gasteiger partial charge on any atom is 0.234 e. The van der Waals surface area contributed by atoms with E-state index in [1.807, 2.05) is 0 Å². The number of nitrogens with zero attached hydrogens (tertiary/aromatic N) is 1. The van der Waals surface area contributed by atoms with Gasteiger partial charge in [0, 0.05) is 37.2 Å². The van der Waals surface area contributed by atoms with Crippen LogP contribution in [0, 0.1) is 23.3 Å². The van der Waals surface area contributed by atoms with Crippen molar-refractivity contribution in [3.63, 3.8) is 0 Å². The van der Waals surface area contributed by atoms with Crippen LogP contribution < -0.4 is 15.5 Å². The fourth-order valence-electron chi connectivity index (χ4n) is 4.35. The summed E-state index contributed by atoms with van der Waals surface area (Å²) in [5.41, 5.74) is -0.152. The van der Waals surface area contributed by atoms with E-state index in [1.54, 1.807) is 0 Å². The predicted octanol–water partition coefficient (Wildman–Crippen LogP) is 2.83. The van der Waals surface area contributed by atoms with Crippen LogP contribution in [0.2, 0.25) is 0 Å². The van der Waals surface area contributed by atoms with E-state index in [2.05, 4.69) is 10.6 Å². The van der Waals surface area contributed by atoms with E-state index in [4.69, 9.17) is 0 Å². The smallest absolute Gasteiger partial charge is 0.234 e. The fourth-order valence-corrected chi connectivity index (χ4v) is 4.35. The summed E-state index contributed by atoms with van der Waals surface area (Å²) in [5.74, 6) is -6.35. The molecule has 0 aromatic heterocycles. The first-order chi connectivity index (χ1) is 15.1. The number of piperidine rings is 1. The van der Waals surface area contributed by atoms with Crippen molar-refractivity contribution in [1.29, 1.82) is 0 Å². The number of imide groups is 1. The van der Waals surface area contributed by atoms with E-state index in [0.29, 0.717) is 6.07 Å². The third-order valence-electron chi connectivity index (χ3n) is 5.71. The Labute approximate surface area is 180 Å². The Hall–Kier alpha value is -3.43. The van der Waals surface area contributed by atoms with Crippen molar-refractivity contribution < 1.29 is 31.9 Å². The molecular weight excluding hydrogens is 430 g/mol. The molecule has 0 aliphatic carbocycles. The molecule has 10 heteroatoms.